The van der Waals surface area contributed by atoms with Gasteiger partial charge in [0.1, 0.15) is 11.8 Å². The van der Waals surface area contributed by atoms with Gasteiger partial charge in [0.25, 0.3) is 0 Å². The second-order valence-electron chi connectivity index (χ2n) is 4.25. The number of ether oxygens (including phenoxy) is 1. The van der Waals surface area contributed by atoms with Crippen molar-refractivity contribution in [3.63, 3.8) is 0 Å². The van der Waals surface area contributed by atoms with Gasteiger partial charge in [-0.15, -0.1) is 0 Å². The van der Waals surface area contributed by atoms with Gasteiger partial charge < -0.3 is 9.26 Å². The highest BCUT2D eigenvalue weighted by molar-refractivity contribution is 6.31. The first-order valence-electron chi connectivity index (χ1n) is 5.75. The minimum atomic E-state index is 0.186. The van der Waals surface area contributed by atoms with Crippen molar-refractivity contribution in [2.24, 2.45) is 0 Å². The molecule has 0 spiro atoms. The van der Waals surface area contributed by atoms with Gasteiger partial charge in [0, 0.05) is 12.0 Å². The van der Waals surface area contributed by atoms with Crippen molar-refractivity contribution in [1.29, 1.82) is 5.26 Å². The van der Waals surface area contributed by atoms with Crippen molar-refractivity contribution < 1.29 is 9.26 Å². The average molecular weight is 278 g/mol. The van der Waals surface area contributed by atoms with Crippen molar-refractivity contribution in [1.82, 2.24) is 10.1 Å². The van der Waals surface area contributed by atoms with E-state index in [0.29, 0.717) is 28.1 Å². The highest BCUT2D eigenvalue weighted by atomic mass is 35.5. The molecule has 0 aliphatic heterocycles. The molecule has 1 aromatic carbocycles. The lowest BCUT2D eigenvalue weighted by atomic mass is 10.2. The van der Waals surface area contributed by atoms with E-state index in [1.54, 1.807) is 18.2 Å². The van der Waals surface area contributed by atoms with Gasteiger partial charge in [-0.05, 0) is 12.1 Å². The summed E-state index contributed by atoms with van der Waals surface area (Å²) in [6, 6.07) is 6.85. The van der Waals surface area contributed by atoms with Crippen LogP contribution in [0.1, 0.15) is 37.0 Å². The van der Waals surface area contributed by atoms with Crippen LogP contribution in [0.25, 0.3) is 0 Å². The number of halogens is 1. The Balaban J connectivity index is 2.02. The molecule has 1 aromatic heterocycles. The van der Waals surface area contributed by atoms with Crippen molar-refractivity contribution in [2.45, 2.75) is 26.4 Å². The Morgan fingerprint density at radius 3 is 2.84 bits per heavy atom. The fourth-order valence-electron chi connectivity index (χ4n) is 1.38. The van der Waals surface area contributed by atoms with Gasteiger partial charge >= 0.3 is 0 Å². The van der Waals surface area contributed by atoms with Crippen LogP contribution in [0.3, 0.4) is 0 Å². The van der Waals surface area contributed by atoms with Crippen molar-refractivity contribution >= 4 is 11.6 Å². The van der Waals surface area contributed by atoms with Crippen LogP contribution in [-0.4, -0.2) is 10.1 Å². The zero-order chi connectivity index (χ0) is 13.8. The molecule has 0 N–H and O–H groups in total. The summed E-state index contributed by atoms with van der Waals surface area (Å²) in [5.74, 6) is 1.80. The fourth-order valence-corrected chi connectivity index (χ4v) is 1.60. The Bertz CT molecular complexity index is 617. The van der Waals surface area contributed by atoms with E-state index < -0.39 is 0 Å². The Morgan fingerprint density at radius 1 is 1.47 bits per heavy atom. The van der Waals surface area contributed by atoms with E-state index in [9.17, 15) is 0 Å². The largest absolute Gasteiger partial charge is 0.485 e. The van der Waals surface area contributed by atoms with Gasteiger partial charge in [-0.2, -0.15) is 10.2 Å². The smallest absolute Gasteiger partial charge is 0.229 e. The SMILES string of the molecule is CC(C)c1nc(COc2ccc(C#N)c(Cl)c2)no1. The first-order chi connectivity index (χ1) is 9.10. The summed E-state index contributed by atoms with van der Waals surface area (Å²) in [6.45, 7) is 4.13. The molecule has 5 nitrogen and oxygen atoms in total. The van der Waals surface area contributed by atoms with Crippen LogP contribution in [0.4, 0.5) is 0 Å². The summed E-state index contributed by atoms with van der Waals surface area (Å²) in [5.41, 5.74) is 0.413. The maximum atomic E-state index is 8.76. The van der Waals surface area contributed by atoms with E-state index in [1.807, 2.05) is 19.9 Å². The molecule has 19 heavy (non-hydrogen) atoms. The molecule has 0 bridgehead atoms. The number of aromatic nitrogens is 2. The minimum Gasteiger partial charge on any atom is -0.485 e. The van der Waals surface area contributed by atoms with Crippen LogP contribution in [0, 0.1) is 11.3 Å². The van der Waals surface area contributed by atoms with Gasteiger partial charge in [0.15, 0.2) is 6.61 Å². The Labute approximate surface area is 115 Å². The molecule has 0 saturated heterocycles. The zero-order valence-corrected chi connectivity index (χ0v) is 11.3. The van der Waals surface area contributed by atoms with Crippen molar-refractivity contribution in [2.75, 3.05) is 0 Å². The van der Waals surface area contributed by atoms with E-state index >= 15 is 0 Å². The normalized spacial score (nSPS) is 10.5. The Kier molecular flexibility index (Phi) is 4.03. The molecule has 98 valence electrons. The summed E-state index contributed by atoms with van der Waals surface area (Å²) < 4.78 is 10.6. The lowest BCUT2D eigenvalue weighted by Gasteiger charge is -2.04. The average Bonchev–Trinajstić information content (AvgIpc) is 2.85. The lowest BCUT2D eigenvalue weighted by Crippen LogP contribution is -1.98. The molecule has 0 radical (unpaired) electrons. The van der Waals surface area contributed by atoms with E-state index in [2.05, 4.69) is 10.1 Å². The predicted molar refractivity (Wildman–Crippen MR) is 68.9 cm³/mol. The Hall–Kier alpha value is -2.06. The summed E-state index contributed by atoms with van der Waals surface area (Å²) >= 11 is 5.90. The fraction of sp³-hybridized carbons (Fsp3) is 0.308. The number of rotatable bonds is 4. The van der Waals surface area contributed by atoms with Crippen LogP contribution in [-0.2, 0) is 6.61 Å². The third-order valence-electron chi connectivity index (χ3n) is 2.41. The van der Waals surface area contributed by atoms with Crippen LogP contribution < -0.4 is 4.74 Å². The number of hydrogen-bond acceptors (Lipinski definition) is 5. The quantitative estimate of drug-likeness (QED) is 0.857. The maximum Gasteiger partial charge on any atom is 0.229 e. The predicted octanol–water partition coefficient (Wildman–Crippen LogP) is 3.30. The van der Waals surface area contributed by atoms with Gasteiger partial charge in [0.2, 0.25) is 11.7 Å². The van der Waals surface area contributed by atoms with Gasteiger partial charge in [-0.25, -0.2) is 0 Å². The molecule has 2 rings (SSSR count). The molecular formula is C13H12ClN3O2. The molecule has 6 heteroatoms. The molecule has 0 aliphatic carbocycles. The monoisotopic (exact) mass is 277 g/mol. The van der Waals surface area contributed by atoms with Crippen molar-refractivity contribution in [3.05, 3.63) is 40.5 Å². The van der Waals surface area contributed by atoms with E-state index in [-0.39, 0.29) is 12.5 Å². The summed E-state index contributed by atoms with van der Waals surface area (Å²) in [6.07, 6.45) is 0. The van der Waals surface area contributed by atoms with Crippen LogP contribution >= 0.6 is 11.6 Å². The van der Waals surface area contributed by atoms with Gasteiger partial charge in [-0.3, -0.25) is 0 Å². The maximum absolute atomic E-state index is 8.76. The summed E-state index contributed by atoms with van der Waals surface area (Å²) in [7, 11) is 0. The minimum absolute atomic E-state index is 0.186. The van der Waals surface area contributed by atoms with Crippen LogP contribution in [0.15, 0.2) is 22.7 Å². The van der Waals surface area contributed by atoms with E-state index in [1.165, 1.54) is 0 Å². The first kappa shape index (κ1) is 13.4. The highest BCUT2D eigenvalue weighted by Gasteiger charge is 2.10. The van der Waals surface area contributed by atoms with Crippen LogP contribution in [0.5, 0.6) is 5.75 Å². The molecule has 0 unspecified atom stereocenters. The molecule has 0 atom stereocenters. The van der Waals surface area contributed by atoms with Crippen LogP contribution in [0.2, 0.25) is 5.02 Å². The molecule has 2 aromatic rings. The van der Waals surface area contributed by atoms with Gasteiger partial charge in [0.05, 0.1) is 10.6 Å². The third kappa shape index (κ3) is 3.24. The number of nitrogens with zero attached hydrogens (tertiary/aromatic N) is 3. The number of nitriles is 1. The lowest BCUT2D eigenvalue weighted by molar-refractivity contribution is 0.284. The van der Waals surface area contributed by atoms with E-state index in [4.69, 9.17) is 26.1 Å². The third-order valence-corrected chi connectivity index (χ3v) is 2.72. The molecule has 1 heterocycles. The highest BCUT2D eigenvalue weighted by Crippen LogP contribution is 2.22. The second-order valence-corrected chi connectivity index (χ2v) is 4.65. The molecule has 0 saturated carbocycles. The summed E-state index contributed by atoms with van der Waals surface area (Å²) in [4.78, 5) is 4.19. The van der Waals surface area contributed by atoms with E-state index in [0.717, 1.165) is 0 Å². The second kappa shape index (κ2) is 5.72. The molecule has 0 amide bonds. The zero-order valence-electron chi connectivity index (χ0n) is 10.6. The summed E-state index contributed by atoms with van der Waals surface area (Å²) in [5, 5.41) is 12.9. The van der Waals surface area contributed by atoms with Gasteiger partial charge in [-0.1, -0.05) is 30.6 Å². The topological polar surface area (TPSA) is 71.9 Å². The molecule has 0 aliphatic rings. The first-order valence-corrected chi connectivity index (χ1v) is 6.13. The van der Waals surface area contributed by atoms with Crippen molar-refractivity contribution in [3.8, 4) is 11.8 Å². The number of hydrogen-bond donors (Lipinski definition) is 0. The molecule has 0 fully saturated rings. The Morgan fingerprint density at radius 2 is 2.26 bits per heavy atom. The molecular weight excluding hydrogens is 266 g/mol. The standard InChI is InChI=1S/C13H12ClN3O2/c1-8(2)13-16-12(17-19-13)7-18-10-4-3-9(6-15)11(14)5-10/h3-5,8H,7H2,1-2H3. The number of benzene rings is 1.